The molecule has 0 aromatic heterocycles. The number of nitrogens with one attached hydrogen (secondary N) is 1. The standard InChI is InChI=1S/C16H19FN2O2/c17-15-10-14(6-5-13(15)2-1-7-18)16(20)19-8-9-21-11-12-3-4-12/h5-6,10,12H,3-4,7-9,11,18H2,(H,19,20). The minimum Gasteiger partial charge on any atom is -0.379 e. The lowest BCUT2D eigenvalue weighted by atomic mass is 10.1. The van der Waals surface area contributed by atoms with E-state index in [4.69, 9.17) is 10.5 Å². The van der Waals surface area contributed by atoms with Crippen molar-refractivity contribution in [3.8, 4) is 11.8 Å². The van der Waals surface area contributed by atoms with Gasteiger partial charge in [-0.05, 0) is 37.0 Å². The number of benzene rings is 1. The molecular formula is C16H19FN2O2. The molecule has 0 spiro atoms. The van der Waals surface area contributed by atoms with Gasteiger partial charge in [0, 0.05) is 18.7 Å². The Kier molecular flexibility index (Phi) is 5.73. The zero-order valence-corrected chi connectivity index (χ0v) is 11.8. The fourth-order valence-electron chi connectivity index (χ4n) is 1.78. The van der Waals surface area contributed by atoms with Gasteiger partial charge >= 0.3 is 0 Å². The van der Waals surface area contributed by atoms with Gasteiger partial charge < -0.3 is 15.8 Å². The van der Waals surface area contributed by atoms with E-state index in [1.54, 1.807) is 6.07 Å². The normalized spacial score (nSPS) is 13.4. The number of hydrogen-bond acceptors (Lipinski definition) is 3. The van der Waals surface area contributed by atoms with Gasteiger partial charge in [-0.3, -0.25) is 4.79 Å². The summed E-state index contributed by atoms with van der Waals surface area (Å²) in [7, 11) is 0. The van der Waals surface area contributed by atoms with E-state index < -0.39 is 5.82 Å². The highest BCUT2D eigenvalue weighted by Gasteiger charge is 2.20. The van der Waals surface area contributed by atoms with Crippen LogP contribution >= 0.6 is 0 Å². The molecule has 0 aliphatic heterocycles. The number of carbonyl (C=O) groups excluding carboxylic acids is 1. The smallest absolute Gasteiger partial charge is 0.251 e. The highest BCUT2D eigenvalue weighted by atomic mass is 19.1. The first kappa shape index (κ1) is 15.5. The van der Waals surface area contributed by atoms with Gasteiger partial charge in [-0.25, -0.2) is 4.39 Å². The zero-order chi connectivity index (χ0) is 15.1. The van der Waals surface area contributed by atoms with E-state index in [0.29, 0.717) is 19.1 Å². The first-order valence-corrected chi connectivity index (χ1v) is 7.05. The third-order valence-corrected chi connectivity index (χ3v) is 3.14. The summed E-state index contributed by atoms with van der Waals surface area (Å²) in [6, 6.07) is 4.21. The van der Waals surface area contributed by atoms with Gasteiger partial charge in [-0.2, -0.15) is 0 Å². The number of hydrogen-bond donors (Lipinski definition) is 2. The average molecular weight is 290 g/mol. The van der Waals surface area contributed by atoms with Crippen molar-refractivity contribution in [3.63, 3.8) is 0 Å². The number of halogens is 1. The largest absolute Gasteiger partial charge is 0.379 e. The summed E-state index contributed by atoms with van der Waals surface area (Å²) < 4.78 is 19.1. The molecule has 1 aliphatic rings. The molecule has 2 rings (SSSR count). The van der Waals surface area contributed by atoms with Crippen molar-refractivity contribution in [2.75, 3.05) is 26.3 Å². The number of amides is 1. The number of ether oxygens (including phenoxy) is 1. The number of nitrogens with two attached hydrogens (primary N) is 1. The fourth-order valence-corrected chi connectivity index (χ4v) is 1.78. The molecule has 1 aliphatic carbocycles. The van der Waals surface area contributed by atoms with Gasteiger partial charge in [0.15, 0.2) is 0 Å². The molecule has 0 unspecified atom stereocenters. The fraction of sp³-hybridized carbons (Fsp3) is 0.438. The quantitative estimate of drug-likeness (QED) is 0.613. The van der Waals surface area contributed by atoms with Gasteiger partial charge in [-0.15, -0.1) is 0 Å². The van der Waals surface area contributed by atoms with Crippen molar-refractivity contribution >= 4 is 5.91 Å². The summed E-state index contributed by atoms with van der Waals surface area (Å²) in [6.07, 6.45) is 2.48. The summed E-state index contributed by atoms with van der Waals surface area (Å²) in [5.74, 6) is 5.06. The lowest BCUT2D eigenvalue weighted by Gasteiger charge is -2.06. The van der Waals surface area contributed by atoms with Crippen LogP contribution in [0, 0.1) is 23.6 Å². The zero-order valence-electron chi connectivity index (χ0n) is 11.8. The minimum atomic E-state index is -0.520. The Morgan fingerprint density at radius 1 is 1.48 bits per heavy atom. The molecule has 0 atom stereocenters. The van der Waals surface area contributed by atoms with Crippen LogP contribution in [0.4, 0.5) is 4.39 Å². The second-order valence-electron chi connectivity index (χ2n) is 4.97. The average Bonchev–Trinajstić information content (AvgIpc) is 3.29. The molecule has 1 fully saturated rings. The van der Waals surface area contributed by atoms with Gasteiger partial charge in [-0.1, -0.05) is 11.8 Å². The van der Waals surface area contributed by atoms with Crippen LogP contribution in [0.5, 0.6) is 0 Å². The predicted octanol–water partition coefficient (Wildman–Crippen LogP) is 1.29. The lowest BCUT2D eigenvalue weighted by Crippen LogP contribution is -2.27. The Bertz CT molecular complexity index is 559. The third-order valence-electron chi connectivity index (χ3n) is 3.14. The van der Waals surface area contributed by atoms with Crippen molar-refractivity contribution < 1.29 is 13.9 Å². The van der Waals surface area contributed by atoms with E-state index >= 15 is 0 Å². The molecule has 1 aromatic carbocycles. The van der Waals surface area contributed by atoms with Crippen LogP contribution in [0.25, 0.3) is 0 Å². The van der Waals surface area contributed by atoms with Crippen molar-refractivity contribution in [3.05, 3.63) is 35.1 Å². The maximum Gasteiger partial charge on any atom is 0.251 e. The van der Waals surface area contributed by atoms with E-state index in [0.717, 1.165) is 6.61 Å². The molecule has 0 bridgehead atoms. The molecule has 1 amide bonds. The summed E-state index contributed by atoms with van der Waals surface area (Å²) in [6.45, 7) is 1.83. The second kappa shape index (κ2) is 7.77. The van der Waals surface area contributed by atoms with Crippen LogP contribution in [-0.4, -0.2) is 32.2 Å². The Labute approximate surface area is 123 Å². The van der Waals surface area contributed by atoms with E-state index in [-0.39, 0.29) is 23.6 Å². The Hall–Kier alpha value is -1.90. The van der Waals surface area contributed by atoms with Crippen LogP contribution < -0.4 is 11.1 Å². The van der Waals surface area contributed by atoms with Gasteiger partial charge in [0.1, 0.15) is 5.82 Å². The second-order valence-corrected chi connectivity index (χ2v) is 4.97. The summed E-state index contributed by atoms with van der Waals surface area (Å²) in [4.78, 5) is 11.8. The Morgan fingerprint density at radius 2 is 2.29 bits per heavy atom. The molecule has 5 heteroatoms. The number of rotatable bonds is 6. The molecular weight excluding hydrogens is 271 g/mol. The van der Waals surface area contributed by atoms with Crippen molar-refractivity contribution in [2.45, 2.75) is 12.8 Å². The summed E-state index contributed by atoms with van der Waals surface area (Å²) >= 11 is 0. The van der Waals surface area contributed by atoms with E-state index in [1.807, 2.05) is 0 Å². The topological polar surface area (TPSA) is 64.4 Å². The molecule has 1 saturated carbocycles. The van der Waals surface area contributed by atoms with Crippen molar-refractivity contribution in [1.82, 2.24) is 5.32 Å². The van der Waals surface area contributed by atoms with Crippen LogP contribution in [0.1, 0.15) is 28.8 Å². The monoisotopic (exact) mass is 290 g/mol. The van der Waals surface area contributed by atoms with Gasteiger partial charge in [0.05, 0.1) is 18.7 Å². The Morgan fingerprint density at radius 3 is 2.95 bits per heavy atom. The molecule has 3 N–H and O–H groups in total. The first-order valence-electron chi connectivity index (χ1n) is 7.05. The molecule has 0 heterocycles. The van der Waals surface area contributed by atoms with Crippen molar-refractivity contribution in [1.29, 1.82) is 0 Å². The van der Waals surface area contributed by atoms with Crippen LogP contribution in [-0.2, 0) is 4.74 Å². The predicted molar refractivity (Wildman–Crippen MR) is 78.2 cm³/mol. The lowest BCUT2D eigenvalue weighted by molar-refractivity contribution is 0.0906. The van der Waals surface area contributed by atoms with Crippen LogP contribution in [0.15, 0.2) is 18.2 Å². The molecule has 21 heavy (non-hydrogen) atoms. The number of carbonyl (C=O) groups is 1. The third kappa shape index (κ3) is 5.18. The maximum atomic E-state index is 13.7. The summed E-state index contributed by atoms with van der Waals surface area (Å²) in [5, 5.41) is 2.70. The molecule has 0 radical (unpaired) electrons. The van der Waals surface area contributed by atoms with Crippen molar-refractivity contribution in [2.24, 2.45) is 11.7 Å². The molecule has 0 saturated heterocycles. The van der Waals surface area contributed by atoms with E-state index in [2.05, 4.69) is 17.2 Å². The molecule has 4 nitrogen and oxygen atoms in total. The van der Waals surface area contributed by atoms with Gasteiger partial charge in [0.25, 0.3) is 5.91 Å². The van der Waals surface area contributed by atoms with Crippen LogP contribution in [0.2, 0.25) is 0 Å². The van der Waals surface area contributed by atoms with Crippen LogP contribution in [0.3, 0.4) is 0 Å². The van der Waals surface area contributed by atoms with E-state index in [1.165, 1.54) is 25.0 Å². The minimum absolute atomic E-state index is 0.169. The maximum absolute atomic E-state index is 13.7. The highest BCUT2D eigenvalue weighted by molar-refractivity contribution is 5.94. The Balaban J connectivity index is 1.79. The molecule has 1 aromatic rings. The summed E-state index contributed by atoms with van der Waals surface area (Å²) in [5.41, 5.74) is 5.75. The van der Waals surface area contributed by atoms with E-state index in [9.17, 15) is 9.18 Å². The highest BCUT2D eigenvalue weighted by Crippen LogP contribution is 2.28. The SMILES string of the molecule is NCC#Cc1ccc(C(=O)NCCOCC2CC2)cc1F. The molecule has 112 valence electrons. The van der Waals surface area contributed by atoms with Gasteiger partial charge in [0.2, 0.25) is 0 Å². The first-order chi connectivity index (χ1) is 10.2.